The van der Waals surface area contributed by atoms with E-state index in [4.69, 9.17) is 14.6 Å². The van der Waals surface area contributed by atoms with E-state index < -0.39 is 11.6 Å². The van der Waals surface area contributed by atoms with Gasteiger partial charge in [-0.25, -0.2) is 0 Å². The first-order valence-electron chi connectivity index (χ1n) is 5.36. The fraction of sp³-hybridized carbons (Fsp3) is 0.818. The normalized spacial score (nSPS) is 11.3. The highest BCUT2D eigenvalue weighted by atomic mass is 16.5. The zero-order valence-electron chi connectivity index (χ0n) is 10.9. The Kier molecular flexibility index (Phi) is 6.75. The van der Waals surface area contributed by atoms with Crippen molar-refractivity contribution in [3.05, 3.63) is 0 Å². The van der Waals surface area contributed by atoms with E-state index in [0.29, 0.717) is 6.61 Å². The minimum atomic E-state index is -1.04. The first-order valence-corrected chi connectivity index (χ1v) is 5.36. The van der Waals surface area contributed by atoms with Gasteiger partial charge < -0.3 is 19.5 Å². The summed E-state index contributed by atoms with van der Waals surface area (Å²) >= 11 is 0. The number of carbonyl (C=O) groups is 2. The summed E-state index contributed by atoms with van der Waals surface area (Å²) in [7, 11) is 3.02. The van der Waals surface area contributed by atoms with Crippen LogP contribution in [0.15, 0.2) is 0 Å². The molecule has 0 aliphatic carbocycles. The Morgan fingerprint density at radius 3 is 2.29 bits per heavy atom. The molecule has 1 amide bonds. The van der Waals surface area contributed by atoms with Gasteiger partial charge in [0, 0.05) is 20.8 Å². The van der Waals surface area contributed by atoms with Crippen molar-refractivity contribution < 1.29 is 24.2 Å². The molecule has 0 aliphatic rings. The van der Waals surface area contributed by atoms with Crippen molar-refractivity contribution >= 4 is 11.9 Å². The van der Waals surface area contributed by atoms with E-state index in [-0.39, 0.29) is 25.4 Å². The number of hydrogen-bond acceptors (Lipinski definition) is 4. The molecule has 0 rings (SSSR count). The van der Waals surface area contributed by atoms with Gasteiger partial charge >= 0.3 is 5.97 Å². The Balaban J connectivity index is 4.46. The second-order valence-electron chi connectivity index (χ2n) is 4.34. The fourth-order valence-electron chi connectivity index (χ4n) is 1.20. The Bertz CT molecular complexity index is 265. The zero-order chi connectivity index (χ0) is 13.5. The predicted molar refractivity (Wildman–Crippen MR) is 61.8 cm³/mol. The summed E-state index contributed by atoms with van der Waals surface area (Å²) < 4.78 is 9.98. The first-order chi connectivity index (χ1) is 7.82. The van der Waals surface area contributed by atoms with E-state index in [0.717, 1.165) is 0 Å². The summed E-state index contributed by atoms with van der Waals surface area (Å²) in [6.45, 7) is 3.82. The summed E-state index contributed by atoms with van der Waals surface area (Å²) in [6, 6.07) is 0. The average Bonchev–Trinajstić information content (AvgIpc) is 2.23. The van der Waals surface area contributed by atoms with Crippen LogP contribution in [0, 0.1) is 0 Å². The summed E-state index contributed by atoms with van der Waals surface area (Å²) in [6.07, 6.45) is 0.139. The van der Waals surface area contributed by atoms with Crippen molar-refractivity contribution in [2.45, 2.75) is 25.9 Å². The van der Waals surface area contributed by atoms with Crippen LogP contribution < -0.4 is 0 Å². The van der Waals surface area contributed by atoms with Gasteiger partial charge in [-0.3, -0.25) is 9.59 Å². The monoisotopic (exact) mass is 247 g/mol. The number of hydrogen-bond donors (Lipinski definition) is 1. The Morgan fingerprint density at radius 2 is 1.88 bits per heavy atom. The Hall–Kier alpha value is -1.14. The van der Waals surface area contributed by atoms with Crippen LogP contribution in [0.2, 0.25) is 0 Å². The topological polar surface area (TPSA) is 76.1 Å². The predicted octanol–water partition coefficient (Wildman–Crippen LogP) is 0.361. The lowest BCUT2D eigenvalue weighted by atomic mass is 10.0. The highest BCUT2D eigenvalue weighted by Crippen LogP contribution is 2.14. The van der Waals surface area contributed by atoms with Crippen molar-refractivity contribution in [3.8, 4) is 0 Å². The van der Waals surface area contributed by atoms with Crippen LogP contribution in [0.5, 0.6) is 0 Å². The highest BCUT2D eigenvalue weighted by molar-refractivity contribution is 5.81. The molecule has 0 spiro atoms. The molecule has 6 heteroatoms. The van der Waals surface area contributed by atoms with Gasteiger partial charge in [0.2, 0.25) is 5.91 Å². The van der Waals surface area contributed by atoms with Crippen molar-refractivity contribution in [3.63, 3.8) is 0 Å². The van der Waals surface area contributed by atoms with Gasteiger partial charge in [0.05, 0.1) is 18.6 Å². The first kappa shape index (κ1) is 15.9. The molecular weight excluding hydrogens is 226 g/mol. The molecule has 0 aromatic rings. The van der Waals surface area contributed by atoms with Crippen molar-refractivity contribution in [1.82, 2.24) is 4.90 Å². The standard InChI is InChI=1S/C11H21NO5/c1-11(2,17-4)7-9(13)12(5-6-16-3)8-10(14)15/h5-8H2,1-4H3,(H,14,15). The van der Waals surface area contributed by atoms with Gasteiger partial charge in [-0.15, -0.1) is 0 Å². The molecule has 0 unspecified atom stereocenters. The molecule has 6 nitrogen and oxygen atoms in total. The van der Waals surface area contributed by atoms with Crippen molar-refractivity contribution in [1.29, 1.82) is 0 Å². The van der Waals surface area contributed by atoms with Gasteiger partial charge in [0.1, 0.15) is 6.54 Å². The van der Waals surface area contributed by atoms with Crippen LogP contribution in [0.3, 0.4) is 0 Å². The van der Waals surface area contributed by atoms with Crippen molar-refractivity contribution in [2.24, 2.45) is 0 Å². The minimum absolute atomic E-state index is 0.139. The molecule has 0 saturated carbocycles. The number of methoxy groups -OCH3 is 2. The molecule has 0 aromatic carbocycles. The van der Waals surface area contributed by atoms with E-state index >= 15 is 0 Å². The second-order valence-corrected chi connectivity index (χ2v) is 4.34. The van der Waals surface area contributed by atoms with Crippen LogP contribution in [0.1, 0.15) is 20.3 Å². The molecule has 17 heavy (non-hydrogen) atoms. The molecule has 0 fully saturated rings. The van der Waals surface area contributed by atoms with Crippen LogP contribution in [0.25, 0.3) is 0 Å². The molecule has 0 heterocycles. The average molecular weight is 247 g/mol. The maximum absolute atomic E-state index is 11.9. The van der Waals surface area contributed by atoms with E-state index in [9.17, 15) is 9.59 Å². The van der Waals surface area contributed by atoms with E-state index in [1.807, 2.05) is 0 Å². The van der Waals surface area contributed by atoms with E-state index in [1.54, 1.807) is 13.8 Å². The third kappa shape index (κ3) is 6.91. The van der Waals surface area contributed by atoms with Crippen LogP contribution >= 0.6 is 0 Å². The highest BCUT2D eigenvalue weighted by Gasteiger charge is 2.25. The number of amides is 1. The summed E-state index contributed by atoms with van der Waals surface area (Å²) in [5, 5.41) is 8.72. The molecular formula is C11H21NO5. The molecule has 0 radical (unpaired) electrons. The van der Waals surface area contributed by atoms with Crippen LogP contribution in [0.4, 0.5) is 0 Å². The second kappa shape index (κ2) is 7.24. The summed E-state index contributed by atoms with van der Waals surface area (Å²) in [4.78, 5) is 23.8. The number of carboxylic acids is 1. The van der Waals surface area contributed by atoms with E-state index in [2.05, 4.69) is 0 Å². The SMILES string of the molecule is COCCN(CC(=O)O)C(=O)CC(C)(C)OC. The third-order valence-corrected chi connectivity index (χ3v) is 2.37. The quantitative estimate of drug-likeness (QED) is 0.670. The maximum atomic E-state index is 11.9. The lowest BCUT2D eigenvalue weighted by Gasteiger charge is -2.27. The lowest BCUT2D eigenvalue weighted by Crippen LogP contribution is -2.41. The van der Waals surface area contributed by atoms with Gasteiger partial charge in [0.15, 0.2) is 0 Å². The minimum Gasteiger partial charge on any atom is -0.480 e. The number of carboxylic acid groups (broad SMARTS) is 1. The number of aliphatic carboxylic acids is 1. The number of ether oxygens (including phenoxy) is 2. The van der Waals surface area contributed by atoms with Crippen molar-refractivity contribution in [2.75, 3.05) is 33.9 Å². The van der Waals surface area contributed by atoms with Crippen LogP contribution in [-0.4, -0.2) is 61.4 Å². The molecule has 0 bridgehead atoms. The van der Waals surface area contributed by atoms with Gasteiger partial charge in [-0.05, 0) is 13.8 Å². The summed E-state index contributed by atoms with van der Waals surface area (Å²) in [5.41, 5.74) is -0.596. The Labute approximate surface area is 101 Å². The van der Waals surface area contributed by atoms with Gasteiger partial charge in [-0.2, -0.15) is 0 Å². The fourth-order valence-corrected chi connectivity index (χ4v) is 1.20. The maximum Gasteiger partial charge on any atom is 0.323 e. The Morgan fingerprint density at radius 1 is 1.29 bits per heavy atom. The molecule has 0 saturated heterocycles. The molecule has 100 valence electrons. The number of rotatable bonds is 8. The largest absolute Gasteiger partial charge is 0.480 e. The molecule has 0 atom stereocenters. The lowest BCUT2D eigenvalue weighted by molar-refractivity contribution is -0.147. The number of nitrogens with zero attached hydrogens (tertiary/aromatic N) is 1. The molecule has 1 N–H and O–H groups in total. The molecule has 0 aromatic heterocycles. The van der Waals surface area contributed by atoms with Crippen LogP contribution in [-0.2, 0) is 19.1 Å². The third-order valence-electron chi connectivity index (χ3n) is 2.37. The smallest absolute Gasteiger partial charge is 0.323 e. The van der Waals surface area contributed by atoms with Gasteiger partial charge in [0.25, 0.3) is 0 Å². The number of carbonyl (C=O) groups excluding carboxylic acids is 1. The van der Waals surface area contributed by atoms with E-state index in [1.165, 1.54) is 19.1 Å². The molecule has 0 aliphatic heterocycles. The van der Waals surface area contributed by atoms with Gasteiger partial charge in [-0.1, -0.05) is 0 Å². The summed E-state index contributed by atoms with van der Waals surface area (Å²) in [5.74, 6) is -1.29. The zero-order valence-corrected chi connectivity index (χ0v) is 10.9.